The monoisotopic (exact) mass is 492 g/mol. The van der Waals surface area contributed by atoms with E-state index in [1.165, 1.54) is 11.8 Å². The van der Waals surface area contributed by atoms with Gasteiger partial charge < -0.3 is 15.3 Å². The number of carbonyl (C=O) groups is 2. The Balaban J connectivity index is 1.84. The van der Waals surface area contributed by atoms with Gasteiger partial charge in [-0.2, -0.15) is 0 Å². The van der Waals surface area contributed by atoms with Crippen LogP contribution >= 0.6 is 11.6 Å². The van der Waals surface area contributed by atoms with Crippen LogP contribution in [-0.2, 0) is 28.9 Å². The van der Waals surface area contributed by atoms with E-state index in [4.69, 9.17) is 21.8 Å². The molecule has 4 rings (SSSR count). The van der Waals surface area contributed by atoms with Gasteiger partial charge in [-0.25, -0.2) is 4.98 Å². The van der Waals surface area contributed by atoms with Crippen LogP contribution in [0.1, 0.15) is 59.4 Å². The van der Waals surface area contributed by atoms with Crippen LogP contribution in [0.5, 0.6) is 0 Å². The van der Waals surface area contributed by atoms with Crippen molar-refractivity contribution >= 4 is 34.6 Å². The van der Waals surface area contributed by atoms with Gasteiger partial charge in [-0.05, 0) is 91.0 Å². The number of aromatic nitrogens is 1. The van der Waals surface area contributed by atoms with Gasteiger partial charge in [-0.1, -0.05) is 35.9 Å². The maximum atomic E-state index is 12.4. The van der Waals surface area contributed by atoms with E-state index in [1.807, 2.05) is 37.3 Å². The minimum absolute atomic E-state index is 0.0555. The molecule has 1 heterocycles. The number of halogens is 1. The second kappa shape index (κ2) is 10.9. The lowest BCUT2D eigenvalue weighted by Crippen LogP contribution is -2.27. The summed E-state index contributed by atoms with van der Waals surface area (Å²) in [5.41, 5.74) is 13.0. The summed E-state index contributed by atoms with van der Waals surface area (Å²) in [4.78, 5) is 28.1. The molecule has 0 fully saturated rings. The van der Waals surface area contributed by atoms with Crippen molar-refractivity contribution in [3.05, 3.63) is 87.6 Å². The number of nitrogens with zero attached hydrogens (tertiary/aromatic N) is 1. The van der Waals surface area contributed by atoms with E-state index in [0.717, 1.165) is 59.1 Å². The Labute approximate surface area is 209 Å². The SMILES string of the molecule is Cc1c(CCC(=O)O)ccc(CCc2ccc(Cl)cc2)c1C1=C(c2ncco2)C(C(N)=O)CCC1. The molecule has 1 aromatic heterocycles. The number of primary amides is 1. The number of nitrogens with two attached hydrogens (primary N) is 1. The zero-order valence-corrected chi connectivity index (χ0v) is 20.5. The molecule has 0 saturated carbocycles. The summed E-state index contributed by atoms with van der Waals surface area (Å²) in [7, 11) is 0. The van der Waals surface area contributed by atoms with E-state index in [-0.39, 0.29) is 6.42 Å². The molecule has 0 radical (unpaired) electrons. The van der Waals surface area contributed by atoms with Gasteiger partial charge >= 0.3 is 5.97 Å². The Morgan fingerprint density at radius 2 is 1.86 bits per heavy atom. The van der Waals surface area contributed by atoms with Crippen LogP contribution in [0, 0.1) is 12.8 Å². The summed E-state index contributed by atoms with van der Waals surface area (Å²) in [5.74, 6) is -1.28. The van der Waals surface area contributed by atoms with Crippen molar-refractivity contribution in [1.29, 1.82) is 0 Å². The summed E-state index contributed by atoms with van der Waals surface area (Å²) < 4.78 is 5.67. The lowest BCUT2D eigenvalue weighted by atomic mass is 9.76. The molecule has 1 aliphatic rings. The Morgan fingerprint density at radius 3 is 2.51 bits per heavy atom. The summed E-state index contributed by atoms with van der Waals surface area (Å²) in [6.45, 7) is 2.03. The van der Waals surface area contributed by atoms with Gasteiger partial charge in [0, 0.05) is 17.0 Å². The lowest BCUT2D eigenvalue weighted by molar-refractivity contribution is -0.137. The highest BCUT2D eigenvalue weighted by Crippen LogP contribution is 2.44. The molecule has 35 heavy (non-hydrogen) atoms. The quantitative estimate of drug-likeness (QED) is 0.402. The van der Waals surface area contributed by atoms with E-state index < -0.39 is 17.8 Å². The van der Waals surface area contributed by atoms with E-state index in [0.29, 0.717) is 23.8 Å². The fraction of sp³-hybridized carbons (Fsp3) is 0.321. The highest BCUT2D eigenvalue weighted by atomic mass is 35.5. The van der Waals surface area contributed by atoms with Crippen LogP contribution in [0.25, 0.3) is 11.1 Å². The van der Waals surface area contributed by atoms with E-state index in [2.05, 4.69) is 11.1 Å². The van der Waals surface area contributed by atoms with Crippen molar-refractivity contribution < 1.29 is 19.1 Å². The van der Waals surface area contributed by atoms with E-state index in [1.54, 1.807) is 6.20 Å². The van der Waals surface area contributed by atoms with Crippen LogP contribution in [0.2, 0.25) is 5.02 Å². The number of allylic oxidation sites excluding steroid dienone is 1. The van der Waals surface area contributed by atoms with Crippen molar-refractivity contribution in [3.63, 3.8) is 0 Å². The predicted molar refractivity (Wildman–Crippen MR) is 136 cm³/mol. The average Bonchev–Trinajstić information content (AvgIpc) is 3.37. The minimum atomic E-state index is -0.830. The Bertz CT molecular complexity index is 1250. The van der Waals surface area contributed by atoms with Gasteiger partial charge in [0.25, 0.3) is 0 Å². The third kappa shape index (κ3) is 5.65. The molecule has 1 aliphatic carbocycles. The summed E-state index contributed by atoms with van der Waals surface area (Å²) in [6, 6.07) is 11.9. The molecule has 0 bridgehead atoms. The number of oxazole rings is 1. The number of hydrogen-bond acceptors (Lipinski definition) is 4. The van der Waals surface area contributed by atoms with Crippen LogP contribution in [0.4, 0.5) is 0 Å². The van der Waals surface area contributed by atoms with Crippen LogP contribution in [-0.4, -0.2) is 22.0 Å². The zero-order chi connectivity index (χ0) is 24.9. The Hall–Kier alpha value is -3.38. The molecule has 7 heteroatoms. The number of aryl methyl sites for hydroxylation is 3. The molecule has 0 saturated heterocycles. The molecule has 1 unspecified atom stereocenters. The lowest BCUT2D eigenvalue weighted by Gasteiger charge is -2.28. The average molecular weight is 493 g/mol. The second-order valence-electron chi connectivity index (χ2n) is 8.98. The highest BCUT2D eigenvalue weighted by molar-refractivity contribution is 6.30. The predicted octanol–water partition coefficient (Wildman–Crippen LogP) is 5.64. The number of benzene rings is 2. The number of aliphatic carboxylic acids is 1. The van der Waals surface area contributed by atoms with Crippen LogP contribution < -0.4 is 5.73 Å². The molecule has 2 aromatic carbocycles. The maximum absolute atomic E-state index is 12.4. The normalized spacial score (nSPS) is 15.9. The number of carboxylic acid groups (broad SMARTS) is 1. The molecule has 182 valence electrons. The van der Waals surface area contributed by atoms with Crippen molar-refractivity contribution in [2.75, 3.05) is 0 Å². The standard InChI is InChI=1S/C28H29ClN2O4/c1-17-19(11-14-24(32)33)9-10-20(8-5-18-6-12-21(29)13-7-18)25(17)22-3-2-4-23(27(30)34)26(22)28-31-15-16-35-28/h6-7,9-10,12-13,15-16,23H,2-5,8,11,14H2,1H3,(H2,30,34)(H,32,33). The molecule has 6 nitrogen and oxygen atoms in total. The van der Waals surface area contributed by atoms with E-state index in [9.17, 15) is 14.7 Å². The Kier molecular flexibility index (Phi) is 7.71. The van der Waals surface area contributed by atoms with Crippen molar-refractivity contribution in [1.82, 2.24) is 4.98 Å². The van der Waals surface area contributed by atoms with Gasteiger partial charge in [-0.15, -0.1) is 0 Å². The van der Waals surface area contributed by atoms with Crippen molar-refractivity contribution in [3.8, 4) is 0 Å². The van der Waals surface area contributed by atoms with Crippen molar-refractivity contribution in [2.24, 2.45) is 11.7 Å². The molecular weight excluding hydrogens is 464 g/mol. The molecular formula is C28H29ClN2O4. The smallest absolute Gasteiger partial charge is 0.303 e. The largest absolute Gasteiger partial charge is 0.481 e. The fourth-order valence-corrected chi connectivity index (χ4v) is 5.16. The van der Waals surface area contributed by atoms with Gasteiger partial charge in [0.2, 0.25) is 11.8 Å². The summed E-state index contributed by atoms with van der Waals surface area (Å²) in [5, 5.41) is 9.94. The molecule has 0 aliphatic heterocycles. The van der Waals surface area contributed by atoms with Gasteiger partial charge in [0.1, 0.15) is 6.26 Å². The topological polar surface area (TPSA) is 106 Å². The number of carboxylic acids is 1. The minimum Gasteiger partial charge on any atom is -0.481 e. The van der Waals surface area contributed by atoms with E-state index >= 15 is 0 Å². The first kappa shape index (κ1) is 24.7. The van der Waals surface area contributed by atoms with Gasteiger partial charge in [-0.3, -0.25) is 9.59 Å². The third-order valence-corrected chi connectivity index (χ3v) is 7.02. The molecule has 1 atom stereocenters. The maximum Gasteiger partial charge on any atom is 0.303 e. The number of hydrogen-bond donors (Lipinski definition) is 2. The molecule has 3 N–H and O–H groups in total. The highest BCUT2D eigenvalue weighted by Gasteiger charge is 2.33. The van der Waals surface area contributed by atoms with Crippen LogP contribution in [0.3, 0.4) is 0 Å². The zero-order valence-electron chi connectivity index (χ0n) is 19.7. The Morgan fingerprint density at radius 1 is 1.11 bits per heavy atom. The fourth-order valence-electron chi connectivity index (χ4n) is 5.03. The van der Waals surface area contributed by atoms with Gasteiger partial charge in [0.05, 0.1) is 12.1 Å². The first-order valence-electron chi connectivity index (χ1n) is 11.8. The third-order valence-electron chi connectivity index (χ3n) is 6.77. The second-order valence-corrected chi connectivity index (χ2v) is 9.42. The van der Waals surface area contributed by atoms with Gasteiger partial charge in [0.15, 0.2) is 0 Å². The van der Waals surface area contributed by atoms with Crippen molar-refractivity contribution in [2.45, 2.75) is 51.9 Å². The first-order valence-corrected chi connectivity index (χ1v) is 12.2. The van der Waals surface area contributed by atoms with Crippen LogP contribution in [0.15, 0.2) is 53.3 Å². The number of carbonyl (C=O) groups excluding carboxylic acids is 1. The molecule has 0 spiro atoms. The molecule has 1 amide bonds. The number of rotatable bonds is 9. The molecule has 3 aromatic rings. The first-order chi connectivity index (χ1) is 16.8. The summed E-state index contributed by atoms with van der Waals surface area (Å²) in [6.07, 6.45) is 7.40. The summed E-state index contributed by atoms with van der Waals surface area (Å²) >= 11 is 6.05. The number of amides is 1.